The zero-order valence-electron chi connectivity index (χ0n) is 18.2. The summed E-state index contributed by atoms with van der Waals surface area (Å²) in [5, 5.41) is 13.7. The Morgan fingerprint density at radius 3 is 1.79 bits per heavy atom. The highest BCUT2D eigenvalue weighted by atomic mass is 16.5. The average Bonchev–Trinajstić information content (AvgIpc) is 2.83. The summed E-state index contributed by atoms with van der Waals surface area (Å²) in [5.41, 5.74) is 3.48. The first-order valence-corrected chi connectivity index (χ1v) is 10.2. The molecule has 3 aromatic carbocycles. The van der Waals surface area contributed by atoms with Crippen LogP contribution in [0.4, 0.5) is 21.0 Å². The summed E-state index contributed by atoms with van der Waals surface area (Å²) >= 11 is 0. The number of carbonyl (C=O) groups excluding carboxylic acids is 4. The molecular weight excluding hydrogens is 436 g/mol. The third-order valence-corrected chi connectivity index (χ3v) is 4.68. The molecule has 0 unspecified atom stereocenters. The summed E-state index contributed by atoms with van der Waals surface area (Å²) < 4.78 is 0. The number of nitrogens with zero attached hydrogens (tertiary/aromatic N) is 1. The second-order valence-corrected chi connectivity index (χ2v) is 7.12. The maximum Gasteiger partial charge on any atom is 0.337 e. The molecule has 0 atom stereocenters. The first-order chi connectivity index (χ1) is 16.4. The van der Waals surface area contributed by atoms with E-state index in [1.807, 2.05) is 0 Å². The highest BCUT2D eigenvalue weighted by Crippen LogP contribution is 2.18. The number of amides is 6. The summed E-state index contributed by atoms with van der Waals surface area (Å²) in [6.45, 7) is 1.64. The second-order valence-electron chi connectivity index (χ2n) is 7.12. The number of hydroxylamine groups is 1. The van der Waals surface area contributed by atoms with E-state index in [2.05, 4.69) is 10.6 Å². The molecule has 0 radical (unpaired) electrons. The number of rotatable bonds is 5. The molecule has 3 aromatic rings. The van der Waals surface area contributed by atoms with Gasteiger partial charge in [-0.1, -0.05) is 48.5 Å². The van der Waals surface area contributed by atoms with Crippen molar-refractivity contribution < 1.29 is 24.4 Å². The van der Waals surface area contributed by atoms with Crippen molar-refractivity contribution in [2.24, 2.45) is 0 Å². The van der Waals surface area contributed by atoms with Gasteiger partial charge in [-0.15, -0.1) is 0 Å². The van der Waals surface area contributed by atoms with Gasteiger partial charge in [-0.3, -0.25) is 14.8 Å². The fourth-order valence-corrected chi connectivity index (χ4v) is 3.04. The number of carbonyl (C=O) groups is 4. The predicted octanol–water partition coefficient (Wildman–Crippen LogP) is 4.42. The van der Waals surface area contributed by atoms with Crippen LogP contribution in [-0.4, -0.2) is 34.0 Å². The Morgan fingerprint density at radius 2 is 1.32 bits per heavy atom. The van der Waals surface area contributed by atoms with Crippen LogP contribution in [0.3, 0.4) is 0 Å². The van der Waals surface area contributed by atoms with E-state index in [4.69, 9.17) is 5.21 Å². The van der Waals surface area contributed by atoms with Crippen molar-refractivity contribution in [3.05, 3.63) is 102 Å². The van der Waals surface area contributed by atoms with E-state index in [1.165, 1.54) is 17.6 Å². The van der Waals surface area contributed by atoms with Gasteiger partial charge < -0.3 is 10.6 Å². The molecule has 9 nitrogen and oxygen atoms in total. The van der Waals surface area contributed by atoms with Crippen LogP contribution >= 0.6 is 0 Å². The minimum Gasteiger partial charge on any atom is -0.307 e. The number of nitrogens with one attached hydrogen (secondary N) is 3. The van der Waals surface area contributed by atoms with E-state index >= 15 is 0 Å². The molecule has 0 spiro atoms. The molecular formula is C25H22N4O5. The van der Waals surface area contributed by atoms with Crippen LogP contribution in [0.5, 0.6) is 0 Å². The van der Waals surface area contributed by atoms with E-state index in [0.717, 1.165) is 6.08 Å². The maximum atomic E-state index is 13.3. The van der Waals surface area contributed by atoms with Gasteiger partial charge in [-0.25, -0.2) is 15.1 Å². The zero-order valence-corrected chi connectivity index (χ0v) is 18.2. The van der Waals surface area contributed by atoms with Gasteiger partial charge in [0.1, 0.15) is 0 Å². The third kappa shape index (κ3) is 6.15. The lowest BCUT2D eigenvalue weighted by molar-refractivity contribution is -0.124. The van der Waals surface area contributed by atoms with Crippen LogP contribution in [-0.2, 0) is 4.79 Å². The van der Waals surface area contributed by atoms with Gasteiger partial charge in [0.25, 0.3) is 11.8 Å². The highest BCUT2D eigenvalue weighted by Gasteiger charge is 2.31. The summed E-state index contributed by atoms with van der Waals surface area (Å²) in [7, 11) is 0. The summed E-state index contributed by atoms with van der Waals surface area (Å²) in [6, 6.07) is 19.6. The average molecular weight is 458 g/mol. The van der Waals surface area contributed by atoms with Crippen LogP contribution in [0.2, 0.25) is 0 Å². The molecule has 172 valence electrons. The van der Waals surface area contributed by atoms with Gasteiger partial charge in [0, 0.05) is 23.0 Å². The largest absolute Gasteiger partial charge is 0.337 e. The third-order valence-electron chi connectivity index (χ3n) is 4.68. The Bertz CT molecular complexity index is 1170. The molecule has 0 aliphatic heterocycles. The highest BCUT2D eigenvalue weighted by molar-refractivity contribution is 6.21. The quantitative estimate of drug-likeness (QED) is 0.256. The number of hydrogen-bond donors (Lipinski definition) is 4. The first kappa shape index (κ1) is 23.9. The topological polar surface area (TPSA) is 128 Å². The second kappa shape index (κ2) is 11.2. The molecule has 0 heterocycles. The van der Waals surface area contributed by atoms with E-state index < -0.39 is 23.9 Å². The lowest BCUT2D eigenvalue weighted by Gasteiger charge is -2.21. The van der Waals surface area contributed by atoms with Crippen molar-refractivity contribution in [1.29, 1.82) is 0 Å². The van der Waals surface area contributed by atoms with Crippen LogP contribution in [0, 0.1) is 6.92 Å². The van der Waals surface area contributed by atoms with E-state index in [1.54, 1.807) is 79.7 Å². The number of anilines is 2. The maximum absolute atomic E-state index is 13.3. The molecule has 0 saturated carbocycles. The monoisotopic (exact) mass is 458 g/mol. The van der Waals surface area contributed by atoms with Crippen molar-refractivity contribution in [1.82, 2.24) is 10.4 Å². The van der Waals surface area contributed by atoms with Gasteiger partial charge in [0.05, 0.1) is 0 Å². The Balaban J connectivity index is 1.90. The Labute approximate surface area is 195 Å². The molecule has 34 heavy (non-hydrogen) atoms. The van der Waals surface area contributed by atoms with Gasteiger partial charge >= 0.3 is 12.1 Å². The molecule has 0 aromatic heterocycles. The number of benzene rings is 3. The lowest BCUT2D eigenvalue weighted by atomic mass is 10.0. The molecule has 9 heteroatoms. The number of imide groups is 3. The normalized spacial score (nSPS) is 10.4. The lowest BCUT2D eigenvalue weighted by Crippen LogP contribution is -2.46. The van der Waals surface area contributed by atoms with Gasteiger partial charge in [0.15, 0.2) is 0 Å². The molecule has 0 bridgehead atoms. The minimum atomic E-state index is -0.923. The predicted molar refractivity (Wildman–Crippen MR) is 127 cm³/mol. The van der Waals surface area contributed by atoms with Crippen molar-refractivity contribution in [3.8, 4) is 0 Å². The standard InChI is InChI=1S/C25H22N4O5/c1-17-16-18(13-15-22(30)28-34)12-14-21(17)23(31)29(24(32)26-19-8-4-2-5-9-19)25(33)27-20-10-6-3-7-11-20/h2-16,34H,1H3,(H,26,32)(H,27,33)(H,28,30). The van der Waals surface area contributed by atoms with Crippen LogP contribution < -0.4 is 16.1 Å². The van der Waals surface area contributed by atoms with Gasteiger partial charge in [-0.05, 0) is 54.5 Å². The Kier molecular flexibility index (Phi) is 7.88. The Morgan fingerprint density at radius 1 is 0.794 bits per heavy atom. The number of aryl methyl sites for hydroxylation is 1. The van der Waals surface area contributed by atoms with E-state index in [-0.39, 0.29) is 5.56 Å². The first-order valence-electron chi connectivity index (χ1n) is 10.2. The molecule has 0 saturated heterocycles. The van der Waals surface area contributed by atoms with Crippen LogP contribution in [0.1, 0.15) is 21.5 Å². The van der Waals surface area contributed by atoms with Gasteiger partial charge in [0.2, 0.25) is 0 Å². The van der Waals surface area contributed by atoms with Crippen molar-refractivity contribution >= 4 is 41.3 Å². The van der Waals surface area contributed by atoms with Crippen molar-refractivity contribution in [3.63, 3.8) is 0 Å². The number of hydrogen-bond acceptors (Lipinski definition) is 5. The minimum absolute atomic E-state index is 0.121. The molecule has 3 rings (SSSR count). The Hall–Kier alpha value is -4.76. The van der Waals surface area contributed by atoms with Gasteiger partial charge in [-0.2, -0.15) is 4.90 Å². The summed E-state index contributed by atoms with van der Waals surface area (Å²) in [5.74, 6) is -1.54. The number of para-hydroxylation sites is 2. The van der Waals surface area contributed by atoms with E-state index in [9.17, 15) is 19.2 Å². The SMILES string of the molecule is Cc1cc(C=CC(=O)NO)ccc1C(=O)N(C(=O)Nc1ccccc1)C(=O)Nc1ccccc1. The molecule has 0 aliphatic rings. The fourth-order valence-electron chi connectivity index (χ4n) is 3.04. The molecule has 0 fully saturated rings. The fraction of sp³-hybridized carbons (Fsp3) is 0.0400. The molecule has 4 N–H and O–H groups in total. The zero-order chi connectivity index (χ0) is 24.5. The van der Waals surface area contributed by atoms with E-state index in [0.29, 0.717) is 27.4 Å². The van der Waals surface area contributed by atoms with Crippen LogP contribution in [0.25, 0.3) is 6.08 Å². The van der Waals surface area contributed by atoms with Crippen molar-refractivity contribution in [2.75, 3.05) is 10.6 Å². The summed E-state index contributed by atoms with van der Waals surface area (Å²) in [4.78, 5) is 51.0. The number of urea groups is 2. The molecule has 6 amide bonds. The summed E-state index contributed by atoms with van der Waals surface area (Å²) in [6.07, 6.45) is 2.55. The molecule has 0 aliphatic carbocycles. The smallest absolute Gasteiger partial charge is 0.307 e. The van der Waals surface area contributed by atoms with Crippen molar-refractivity contribution in [2.45, 2.75) is 6.92 Å². The van der Waals surface area contributed by atoms with Crippen LogP contribution in [0.15, 0.2) is 84.9 Å².